The van der Waals surface area contributed by atoms with E-state index in [-0.39, 0.29) is 41.3 Å². The molecule has 0 spiro atoms. The van der Waals surface area contributed by atoms with Crippen molar-refractivity contribution in [1.29, 1.82) is 0 Å². The van der Waals surface area contributed by atoms with E-state index in [0.717, 1.165) is 16.7 Å². The first-order valence-corrected chi connectivity index (χ1v) is 9.03. The zero-order valence-corrected chi connectivity index (χ0v) is 18.1. The quantitative estimate of drug-likeness (QED) is 0.240. The van der Waals surface area contributed by atoms with Gasteiger partial charge < -0.3 is 10.6 Å². The highest BCUT2D eigenvalue weighted by Gasteiger charge is 2.33. The number of rotatable bonds is 6. The van der Waals surface area contributed by atoms with Crippen molar-refractivity contribution in [2.75, 3.05) is 13.1 Å². The topological polar surface area (TPSA) is 49.3 Å². The molecule has 0 aliphatic rings. The molecule has 0 bridgehead atoms. The summed E-state index contributed by atoms with van der Waals surface area (Å²) >= 11 is 6.87. The second-order valence-electron chi connectivity index (χ2n) is 5.20. The minimum absolute atomic E-state index is 0. The summed E-state index contributed by atoms with van der Waals surface area (Å²) < 4.78 is 51.4. The van der Waals surface area contributed by atoms with Crippen LogP contribution in [0.25, 0.3) is 0 Å². The van der Waals surface area contributed by atoms with Crippen molar-refractivity contribution in [2.45, 2.75) is 26.1 Å². The second kappa shape index (κ2) is 11.0. The molecule has 0 fully saturated rings. The summed E-state index contributed by atoms with van der Waals surface area (Å²) in [6, 6.07) is 4.48. The van der Waals surface area contributed by atoms with Crippen molar-refractivity contribution in [1.82, 2.24) is 15.6 Å². The van der Waals surface area contributed by atoms with Crippen LogP contribution < -0.4 is 10.6 Å². The van der Waals surface area contributed by atoms with Crippen molar-refractivity contribution in [3.05, 3.63) is 50.7 Å². The van der Waals surface area contributed by atoms with Crippen molar-refractivity contribution in [3.8, 4) is 0 Å². The van der Waals surface area contributed by atoms with Crippen LogP contribution in [0.1, 0.15) is 23.2 Å². The van der Waals surface area contributed by atoms with Gasteiger partial charge in [-0.3, -0.25) is 0 Å². The van der Waals surface area contributed by atoms with Crippen LogP contribution in [0.3, 0.4) is 0 Å². The maximum atomic E-state index is 13.7. The van der Waals surface area contributed by atoms with Crippen LogP contribution in [0.4, 0.5) is 17.6 Å². The average molecular weight is 537 g/mol. The van der Waals surface area contributed by atoms with Gasteiger partial charge in [0.15, 0.2) is 11.7 Å². The molecule has 0 unspecified atom stereocenters. The van der Waals surface area contributed by atoms with Gasteiger partial charge in [0.1, 0.15) is 10.8 Å². The minimum atomic E-state index is -4.46. The monoisotopic (exact) mass is 536 g/mol. The summed E-state index contributed by atoms with van der Waals surface area (Å²) in [6.07, 6.45) is -4.12. The first-order valence-electron chi connectivity index (χ1n) is 7.78. The fourth-order valence-electron chi connectivity index (χ4n) is 2.08. The first kappa shape index (κ1) is 23.9. The number of guanidine groups is 1. The third-order valence-electron chi connectivity index (χ3n) is 3.29. The Morgan fingerprint density at radius 1 is 1.30 bits per heavy atom. The molecule has 0 saturated carbocycles. The summed E-state index contributed by atoms with van der Waals surface area (Å²) in [4.78, 5) is 7.73. The number of aromatic nitrogens is 1. The Kier molecular flexibility index (Phi) is 9.74. The Morgan fingerprint density at radius 2 is 2.04 bits per heavy atom. The lowest BCUT2D eigenvalue weighted by Crippen LogP contribution is -2.38. The maximum Gasteiger partial charge on any atom is 0.434 e. The van der Waals surface area contributed by atoms with E-state index in [2.05, 4.69) is 20.6 Å². The zero-order valence-electron chi connectivity index (χ0n) is 14.2. The molecule has 11 heteroatoms. The van der Waals surface area contributed by atoms with Crippen LogP contribution >= 0.6 is 46.9 Å². The molecule has 4 nitrogen and oxygen atoms in total. The number of nitrogens with zero attached hydrogens (tertiary/aromatic N) is 2. The Labute approximate surface area is 180 Å². The SMILES string of the molecule is CCNC(=NCc1nc(C(F)(F)F)cs1)NCCc1c(F)cccc1Cl.I. The van der Waals surface area contributed by atoms with E-state index in [9.17, 15) is 17.6 Å². The molecular formula is C16H18ClF4IN4S. The fourth-order valence-corrected chi connectivity index (χ4v) is 3.06. The molecule has 27 heavy (non-hydrogen) atoms. The van der Waals surface area contributed by atoms with E-state index in [1.807, 2.05) is 6.92 Å². The molecule has 2 N–H and O–H groups in total. The molecule has 0 saturated heterocycles. The third kappa shape index (κ3) is 7.41. The smallest absolute Gasteiger partial charge is 0.357 e. The molecule has 150 valence electrons. The lowest BCUT2D eigenvalue weighted by atomic mass is 10.1. The second-order valence-corrected chi connectivity index (χ2v) is 6.55. The highest BCUT2D eigenvalue weighted by Crippen LogP contribution is 2.30. The van der Waals surface area contributed by atoms with Crippen LogP contribution in [0, 0.1) is 5.82 Å². The maximum absolute atomic E-state index is 13.7. The van der Waals surface area contributed by atoms with Crippen molar-refractivity contribution < 1.29 is 17.6 Å². The van der Waals surface area contributed by atoms with E-state index >= 15 is 0 Å². The number of hydrogen-bond donors (Lipinski definition) is 2. The summed E-state index contributed by atoms with van der Waals surface area (Å²) in [7, 11) is 0. The van der Waals surface area contributed by atoms with Crippen LogP contribution in [0.15, 0.2) is 28.6 Å². The minimum Gasteiger partial charge on any atom is -0.357 e. The Balaban J connectivity index is 0.00000364. The molecular weight excluding hydrogens is 519 g/mol. The number of benzene rings is 1. The molecule has 0 atom stereocenters. The van der Waals surface area contributed by atoms with Gasteiger partial charge in [-0.25, -0.2) is 14.4 Å². The predicted molar refractivity (Wildman–Crippen MR) is 110 cm³/mol. The third-order valence-corrected chi connectivity index (χ3v) is 4.48. The Bertz CT molecular complexity index is 747. The highest BCUT2D eigenvalue weighted by atomic mass is 127. The van der Waals surface area contributed by atoms with Crippen molar-refractivity contribution in [2.24, 2.45) is 4.99 Å². The summed E-state index contributed by atoms with van der Waals surface area (Å²) in [5.74, 6) is 0.0208. The molecule has 0 aliphatic carbocycles. The molecule has 2 rings (SSSR count). The van der Waals surface area contributed by atoms with Gasteiger partial charge in [-0.15, -0.1) is 35.3 Å². The van der Waals surface area contributed by atoms with Gasteiger partial charge in [0, 0.05) is 29.1 Å². The van der Waals surface area contributed by atoms with E-state index in [4.69, 9.17) is 11.6 Å². The van der Waals surface area contributed by atoms with E-state index < -0.39 is 11.9 Å². The normalized spacial score (nSPS) is 11.9. The number of alkyl halides is 3. The molecule has 0 amide bonds. The van der Waals surface area contributed by atoms with Crippen molar-refractivity contribution in [3.63, 3.8) is 0 Å². The van der Waals surface area contributed by atoms with Crippen LogP contribution in [0.2, 0.25) is 5.02 Å². The van der Waals surface area contributed by atoms with Crippen LogP contribution in [-0.4, -0.2) is 24.0 Å². The predicted octanol–water partition coefficient (Wildman–Crippen LogP) is 4.87. The van der Waals surface area contributed by atoms with Gasteiger partial charge in [0.25, 0.3) is 0 Å². The molecule has 0 radical (unpaired) electrons. The van der Waals surface area contributed by atoms with Crippen LogP contribution in [-0.2, 0) is 19.1 Å². The van der Waals surface area contributed by atoms with Gasteiger partial charge in [0.2, 0.25) is 0 Å². The number of nitrogens with one attached hydrogen (secondary N) is 2. The first-order chi connectivity index (χ1) is 12.3. The fraction of sp³-hybridized carbons (Fsp3) is 0.375. The van der Waals surface area contributed by atoms with E-state index in [1.165, 1.54) is 12.1 Å². The van der Waals surface area contributed by atoms with Crippen molar-refractivity contribution >= 4 is 52.9 Å². The summed E-state index contributed by atoms with van der Waals surface area (Å²) in [5.41, 5.74) is -0.521. The van der Waals surface area contributed by atoms with E-state index in [1.54, 1.807) is 6.07 Å². The number of thiazole rings is 1. The van der Waals surface area contributed by atoms with Gasteiger partial charge in [-0.2, -0.15) is 13.2 Å². The lowest BCUT2D eigenvalue weighted by molar-refractivity contribution is -0.140. The molecule has 2 aromatic rings. The molecule has 1 heterocycles. The highest BCUT2D eigenvalue weighted by molar-refractivity contribution is 14.0. The van der Waals surface area contributed by atoms with Crippen LogP contribution in [0.5, 0.6) is 0 Å². The average Bonchev–Trinajstić information content (AvgIpc) is 3.04. The van der Waals surface area contributed by atoms with Gasteiger partial charge >= 0.3 is 6.18 Å². The number of halogens is 6. The summed E-state index contributed by atoms with van der Waals surface area (Å²) in [5, 5.41) is 7.53. The Morgan fingerprint density at radius 3 is 2.63 bits per heavy atom. The Hall–Kier alpha value is -1.14. The largest absolute Gasteiger partial charge is 0.434 e. The zero-order chi connectivity index (χ0) is 19.2. The molecule has 0 aliphatic heterocycles. The standard InChI is InChI=1S/C16H17ClF4N4S.HI/c1-2-22-15(23-7-6-10-11(17)4-3-5-12(10)18)24-8-14-25-13(9-26-14)16(19,20)21;/h3-5,9H,2,6-8H2,1H3,(H2,22,23,24);1H. The summed E-state index contributed by atoms with van der Waals surface area (Å²) in [6.45, 7) is 2.79. The molecule has 1 aromatic heterocycles. The molecule has 1 aromatic carbocycles. The lowest BCUT2D eigenvalue weighted by Gasteiger charge is -2.12. The number of aliphatic imine (C=N–C) groups is 1. The van der Waals surface area contributed by atoms with Gasteiger partial charge in [-0.05, 0) is 25.5 Å². The van der Waals surface area contributed by atoms with Gasteiger partial charge in [0.05, 0.1) is 6.54 Å². The number of hydrogen-bond acceptors (Lipinski definition) is 3. The van der Waals surface area contributed by atoms with E-state index in [0.29, 0.717) is 36.1 Å². The van der Waals surface area contributed by atoms with Gasteiger partial charge in [-0.1, -0.05) is 17.7 Å².